The topological polar surface area (TPSA) is 122 Å². The van der Waals surface area contributed by atoms with Crippen LogP contribution in [-0.4, -0.2) is 21.8 Å². The zero-order valence-electron chi connectivity index (χ0n) is 8.67. The number of amidine groups is 1. The Hall–Kier alpha value is -2.09. The van der Waals surface area contributed by atoms with Gasteiger partial charge in [-0.05, 0) is 6.07 Å². The lowest BCUT2D eigenvalue weighted by Gasteiger charge is -2.04. The molecule has 7 nitrogen and oxygen atoms in total. The van der Waals surface area contributed by atoms with Crippen LogP contribution < -0.4 is 11.1 Å². The van der Waals surface area contributed by atoms with Crippen LogP contribution in [0.15, 0.2) is 24.3 Å². The third-order valence-corrected chi connectivity index (χ3v) is 2.45. The van der Waals surface area contributed by atoms with Gasteiger partial charge in [0, 0.05) is 6.07 Å². The molecule has 0 heterocycles. The quantitative estimate of drug-likeness (QED) is 0.322. The number of rotatable bonds is 4. The first kappa shape index (κ1) is 13.0. The molecule has 0 spiro atoms. The monoisotopic (exact) mass is 254 g/mol. The fourth-order valence-electron chi connectivity index (χ4n) is 1.07. The molecule has 1 rings (SSSR count). The van der Waals surface area contributed by atoms with Crippen LogP contribution in [0.4, 0.5) is 11.4 Å². The van der Waals surface area contributed by atoms with Crippen LogP contribution in [0, 0.1) is 15.5 Å². The lowest BCUT2D eigenvalue weighted by Crippen LogP contribution is -2.17. The van der Waals surface area contributed by atoms with Crippen molar-refractivity contribution in [3.63, 3.8) is 0 Å². The molecule has 0 radical (unpaired) electrons. The molecule has 8 heteroatoms. The standard InChI is InChI=1S/C9H10N4O3S/c10-9(11)17-5-8(14)12-6-3-1-2-4-7(6)13(15)16/h1-4H,5H2,(H3,10,11)(H,12,14). The normalized spacial score (nSPS) is 9.65. The molecule has 1 aromatic carbocycles. The fraction of sp³-hybridized carbons (Fsp3) is 0.111. The number of hydrogen-bond donors (Lipinski definition) is 3. The summed E-state index contributed by atoms with van der Waals surface area (Å²) < 4.78 is 0. The van der Waals surface area contributed by atoms with Gasteiger partial charge in [-0.3, -0.25) is 20.3 Å². The van der Waals surface area contributed by atoms with Crippen molar-refractivity contribution in [1.82, 2.24) is 0 Å². The highest BCUT2D eigenvalue weighted by atomic mass is 32.2. The van der Waals surface area contributed by atoms with Crippen LogP contribution in [0.2, 0.25) is 0 Å². The average Bonchev–Trinajstić information content (AvgIpc) is 2.27. The number of nitro benzene ring substituents is 1. The van der Waals surface area contributed by atoms with E-state index in [0.717, 1.165) is 11.8 Å². The SMILES string of the molecule is N=C(N)SCC(=O)Nc1ccccc1[N+](=O)[O-]. The second-order valence-corrected chi connectivity index (χ2v) is 3.99. The Morgan fingerprint density at radius 2 is 2.18 bits per heavy atom. The summed E-state index contributed by atoms with van der Waals surface area (Å²) >= 11 is 0.852. The number of benzene rings is 1. The Morgan fingerprint density at radius 1 is 1.53 bits per heavy atom. The molecule has 1 amide bonds. The first-order valence-corrected chi connectivity index (χ1v) is 5.49. The second-order valence-electron chi connectivity index (χ2n) is 2.98. The molecular formula is C9H10N4O3S. The minimum Gasteiger partial charge on any atom is -0.379 e. The molecule has 0 atom stereocenters. The van der Waals surface area contributed by atoms with Gasteiger partial charge in [0.2, 0.25) is 5.91 Å². The molecule has 1 aromatic rings. The van der Waals surface area contributed by atoms with Crippen LogP contribution >= 0.6 is 11.8 Å². The van der Waals surface area contributed by atoms with E-state index in [9.17, 15) is 14.9 Å². The Labute approximate surface area is 101 Å². The number of nitrogens with one attached hydrogen (secondary N) is 2. The van der Waals surface area contributed by atoms with Crippen molar-refractivity contribution in [3.8, 4) is 0 Å². The number of amides is 1. The molecule has 0 aliphatic rings. The van der Waals surface area contributed by atoms with E-state index in [4.69, 9.17) is 11.1 Å². The third kappa shape index (κ3) is 4.11. The molecule has 0 aromatic heterocycles. The van der Waals surface area contributed by atoms with Crippen molar-refractivity contribution in [2.24, 2.45) is 5.73 Å². The van der Waals surface area contributed by atoms with Crippen LogP contribution in [0.1, 0.15) is 0 Å². The maximum Gasteiger partial charge on any atom is 0.292 e. The first-order chi connectivity index (χ1) is 8.00. The predicted octanol–water partition coefficient (Wildman–Crippen LogP) is 1.16. The van der Waals surface area contributed by atoms with Gasteiger partial charge in [0.25, 0.3) is 5.69 Å². The number of para-hydroxylation sites is 2. The summed E-state index contributed by atoms with van der Waals surface area (Å²) in [7, 11) is 0. The van der Waals surface area contributed by atoms with E-state index in [0.29, 0.717) is 0 Å². The van der Waals surface area contributed by atoms with Crippen LogP contribution in [0.25, 0.3) is 0 Å². The number of carbonyl (C=O) groups excluding carboxylic acids is 1. The van der Waals surface area contributed by atoms with Crippen LogP contribution in [-0.2, 0) is 4.79 Å². The highest BCUT2D eigenvalue weighted by Crippen LogP contribution is 2.23. The van der Waals surface area contributed by atoms with Crippen molar-refractivity contribution in [1.29, 1.82) is 5.41 Å². The highest BCUT2D eigenvalue weighted by molar-refractivity contribution is 8.14. The Bertz CT molecular complexity index is 463. The molecule has 0 saturated heterocycles. The van der Waals surface area contributed by atoms with E-state index in [1.165, 1.54) is 18.2 Å². The number of thioether (sulfide) groups is 1. The van der Waals surface area contributed by atoms with Gasteiger partial charge in [0.05, 0.1) is 10.7 Å². The maximum atomic E-state index is 11.4. The Morgan fingerprint density at radius 3 is 2.76 bits per heavy atom. The summed E-state index contributed by atoms with van der Waals surface area (Å²) in [5.74, 6) is -0.499. The van der Waals surface area contributed by atoms with Crippen LogP contribution in [0.5, 0.6) is 0 Å². The Kier molecular flexibility index (Phi) is 4.46. The predicted molar refractivity (Wildman–Crippen MR) is 66.1 cm³/mol. The van der Waals surface area contributed by atoms with Crippen LogP contribution in [0.3, 0.4) is 0 Å². The maximum absolute atomic E-state index is 11.4. The molecule has 17 heavy (non-hydrogen) atoms. The number of nitro groups is 1. The summed E-state index contributed by atoms with van der Waals surface area (Å²) in [5.41, 5.74) is 5.03. The lowest BCUT2D eigenvalue weighted by atomic mass is 10.2. The van der Waals surface area contributed by atoms with E-state index in [1.807, 2.05) is 0 Å². The minimum absolute atomic E-state index is 0.0542. The fourth-order valence-corrected chi connectivity index (χ4v) is 1.43. The summed E-state index contributed by atoms with van der Waals surface area (Å²) in [5, 5.41) is 19.8. The second kappa shape index (κ2) is 5.85. The van der Waals surface area contributed by atoms with E-state index < -0.39 is 10.8 Å². The van der Waals surface area contributed by atoms with Gasteiger partial charge < -0.3 is 11.1 Å². The molecule has 4 N–H and O–H groups in total. The van der Waals surface area contributed by atoms with E-state index in [2.05, 4.69) is 5.32 Å². The number of nitrogens with zero attached hydrogens (tertiary/aromatic N) is 1. The zero-order chi connectivity index (χ0) is 12.8. The van der Waals surface area contributed by atoms with Crippen molar-refractivity contribution in [2.45, 2.75) is 0 Å². The molecule has 90 valence electrons. The Balaban J connectivity index is 2.71. The van der Waals surface area contributed by atoms with Crippen molar-refractivity contribution < 1.29 is 9.72 Å². The van der Waals surface area contributed by atoms with Gasteiger partial charge in [-0.1, -0.05) is 23.9 Å². The molecule has 0 fully saturated rings. The van der Waals surface area contributed by atoms with E-state index >= 15 is 0 Å². The lowest BCUT2D eigenvalue weighted by molar-refractivity contribution is -0.383. The summed E-state index contributed by atoms with van der Waals surface area (Å²) in [4.78, 5) is 21.5. The minimum atomic E-state index is -0.576. The smallest absolute Gasteiger partial charge is 0.292 e. The number of carbonyl (C=O) groups is 1. The van der Waals surface area contributed by atoms with Gasteiger partial charge in [-0.25, -0.2) is 0 Å². The van der Waals surface area contributed by atoms with Crippen molar-refractivity contribution in [3.05, 3.63) is 34.4 Å². The number of anilines is 1. The third-order valence-electron chi connectivity index (χ3n) is 1.73. The summed E-state index contributed by atoms with van der Waals surface area (Å²) in [6, 6.07) is 5.83. The zero-order valence-corrected chi connectivity index (χ0v) is 9.49. The van der Waals surface area contributed by atoms with E-state index in [-0.39, 0.29) is 22.3 Å². The average molecular weight is 254 g/mol. The van der Waals surface area contributed by atoms with Gasteiger partial charge in [-0.2, -0.15) is 0 Å². The van der Waals surface area contributed by atoms with Gasteiger partial charge in [-0.15, -0.1) is 0 Å². The van der Waals surface area contributed by atoms with E-state index in [1.54, 1.807) is 6.07 Å². The molecule has 0 aliphatic heterocycles. The van der Waals surface area contributed by atoms with Gasteiger partial charge >= 0.3 is 0 Å². The largest absolute Gasteiger partial charge is 0.379 e. The first-order valence-electron chi connectivity index (χ1n) is 4.51. The number of hydrogen-bond acceptors (Lipinski definition) is 5. The summed E-state index contributed by atoms with van der Waals surface area (Å²) in [6.45, 7) is 0. The molecular weight excluding hydrogens is 244 g/mol. The molecule has 0 aliphatic carbocycles. The molecule has 0 unspecified atom stereocenters. The molecule has 0 saturated carbocycles. The molecule has 0 bridgehead atoms. The summed E-state index contributed by atoms with van der Waals surface area (Å²) in [6.07, 6.45) is 0. The van der Waals surface area contributed by atoms with Gasteiger partial charge in [0.1, 0.15) is 5.69 Å². The van der Waals surface area contributed by atoms with Crippen molar-refractivity contribution in [2.75, 3.05) is 11.1 Å². The van der Waals surface area contributed by atoms with Gasteiger partial charge in [0.15, 0.2) is 5.17 Å². The van der Waals surface area contributed by atoms with Crippen molar-refractivity contribution >= 4 is 34.2 Å². The highest BCUT2D eigenvalue weighted by Gasteiger charge is 2.14. The number of nitrogens with two attached hydrogens (primary N) is 1.